The number of hydrogen-bond acceptors (Lipinski definition) is 4. The summed E-state index contributed by atoms with van der Waals surface area (Å²) >= 11 is 0. The molecule has 1 saturated heterocycles. The van der Waals surface area contributed by atoms with Gasteiger partial charge in [0.1, 0.15) is 12.4 Å². The van der Waals surface area contributed by atoms with Gasteiger partial charge in [-0.1, -0.05) is 18.2 Å². The minimum Gasteiger partial charge on any atom is -0.491 e. The summed E-state index contributed by atoms with van der Waals surface area (Å²) in [6.07, 6.45) is 1.57. The van der Waals surface area contributed by atoms with E-state index in [1.54, 1.807) is 7.11 Å². The molecule has 0 saturated carbocycles. The molecule has 106 valence electrons. The average molecular weight is 265 g/mol. The van der Waals surface area contributed by atoms with Crippen LogP contribution >= 0.6 is 0 Å². The topological polar surface area (TPSA) is 50.7 Å². The first-order valence-electron chi connectivity index (χ1n) is 6.92. The Morgan fingerprint density at radius 3 is 2.74 bits per heavy atom. The van der Waals surface area contributed by atoms with Gasteiger partial charge in [-0.25, -0.2) is 0 Å². The van der Waals surface area contributed by atoms with Crippen molar-refractivity contribution in [2.24, 2.45) is 5.92 Å². The normalized spacial score (nSPS) is 18.2. The van der Waals surface area contributed by atoms with Gasteiger partial charge < -0.3 is 19.9 Å². The Hall–Kier alpha value is -1.10. The van der Waals surface area contributed by atoms with Crippen molar-refractivity contribution in [2.75, 3.05) is 33.4 Å². The number of para-hydroxylation sites is 1. The highest BCUT2D eigenvalue weighted by Gasteiger charge is 2.25. The molecule has 0 bridgehead atoms. The SMILES string of the molecule is COCCOc1ccccc1C(O)C1CCNCC1. The molecule has 2 rings (SSSR count). The number of benzene rings is 1. The Kier molecular flexibility index (Phi) is 5.63. The first kappa shape index (κ1) is 14.3. The number of hydrogen-bond donors (Lipinski definition) is 2. The third kappa shape index (κ3) is 3.93. The summed E-state index contributed by atoms with van der Waals surface area (Å²) in [6.45, 7) is 3.02. The highest BCUT2D eigenvalue weighted by atomic mass is 16.5. The van der Waals surface area contributed by atoms with Crippen LogP contribution in [0.1, 0.15) is 24.5 Å². The van der Waals surface area contributed by atoms with E-state index in [9.17, 15) is 5.11 Å². The Labute approximate surface area is 114 Å². The summed E-state index contributed by atoms with van der Waals surface area (Å²) in [5.74, 6) is 1.08. The molecule has 1 aromatic rings. The zero-order valence-corrected chi connectivity index (χ0v) is 11.5. The molecule has 1 aromatic carbocycles. The van der Waals surface area contributed by atoms with Crippen molar-refractivity contribution in [3.05, 3.63) is 29.8 Å². The van der Waals surface area contributed by atoms with Crippen LogP contribution in [0.3, 0.4) is 0 Å². The van der Waals surface area contributed by atoms with E-state index in [-0.39, 0.29) is 0 Å². The first-order chi connectivity index (χ1) is 9.33. The third-order valence-electron chi connectivity index (χ3n) is 3.61. The van der Waals surface area contributed by atoms with E-state index in [2.05, 4.69) is 5.32 Å². The van der Waals surface area contributed by atoms with E-state index < -0.39 is 6.10 Å². The van der Waals surface area contributed by atoms with Crippen LogP contribution in [0.5, 0.6) is 5.75 Å². The zero-order chi connectivity index (χ0) is 13.5. The molecule has 4 nitrogen and oxygen atoms in total. The molecule has 1 atom stereocenters. The molecule has 0 aliphatic carbocycles. The maximum atomic E-state index is 10.5. The van der Waals surface area contributed by atoms with Crippen LogP contribution in [0.4, 0.5) is 0 Å². The summed E-state index contributed by atoms with van der Waals surface area (Å²) in [6, 6.07) is 7.74. The fourth-order valence-electron chi connectivity index (χ4n) is 2.51. The van der Waals surface area contributed by atoms with E-state index in [4.69, 9.17) is 9.47 Å². The quantitative estimate of drug-likeness (QED) is 0.769. The van der Waals surface area contributed by atoms with Crippen LogP contribution < -0.4 is 10.1 Å². The van der Waals surface area contributed by atoms with Crippen molar-refractivity contribution in [1.82, 2.24) is 5.32 Å². The molecule has 1 aliphatic heterocycles. The molecule has 1 aliphatic rings. The van der Waals surface area contributed by atoms with E-state index in [0.29, 0.717) is 19.1 Å². The molecule has 1 unspecified atom stereocenters. The molecule has 0 amide bonds. The van der Waals surface area contributed by atoms with Gasteiger partial charge in [-0.3, -0.25) is 0 Å². The third-order valence-corrected chi connectivity index (χ3v) is 3.61. The van der Waals surface area contributed by atoms with Gasteiger partial charge >= 0.3 is 0 Å². The van der Waals surface area contributed by atoms with E-state index in [1.807, 2.05) is 24.3 Å². The number of rotatable bonds is 6. The van der Waals surface area contributed by atoms with Crippen LogP contribution in [-0.2, 0) is 4.74 Å². The molecular formula is C15H23NO3. The maximum absolute atomic E-state index is 10.5. The highest BCUT2D eigenvalue weighted by Crippen LogP contribution is 2.34. The predicted octanol–water partition coefficient (Wildman–Crippen LogP) is 1.74. The summed E-state index contributed by atoms with van der Waals surface area (Å²) < 4.78 is 10.7. The second-order valence-electron chi connectivity index (χ2n) is 4.91. The number of aliphatic hydroxyl groups is 1. The second-order valence-corrected chi connectivity index (χ2v) is 4.91. The largest absolute Gasteiger partial charge is 0.491 e. The molecule has 0 spiro atoms. The fraction of sp³-hybridized carbons (Fsp3) is 0.600. The van der Waals surface area contributed by atoms with Gasteiger partial charge in [-0.2, -0.15) is 0 Å². The van der Waals surface area contributed by atoms with Gasteiger partial charge in [0.25, 0.3) is 0 Å². The number of aliphatic hydroxyl groups excluding tert-OH is 1. The minimum atomic E-state index is -0.444. The van der Waals surface area contributed by atoms with Crippen molar-refractivity contribution in [1.29, 1.82) is 0 Å². The van der Waals surface area contributed by atoms with E-state index in [0.717, 1.165) is 37.2 Å². The van der Waals surface area contributed by atoms with Crippen molar-refractivity contribution in [3.63, 3.8) is 0 Å². The van der Waals surface area contributed by atoms with Crippen molar-refractivity contribution in [3.8, 4) is 5.75 Å². The van der Waals surface area contributed by atoms with Gasteiger partial charge in [0, 0.05) is 12.7 Å². The number of piperidine rings is 1. The molecule has 4 heteroatoms. The Morgan fingerprint density at radius 1 is 1.26 bits per heavy atom. The summed E-state index contributed by atoms with van der Waals surface area (Å²) in [5.41, 5.74) is 0.894. The summed E-state index contributed by atoms with van der Waals surface area (Å²) in [4.78, 5) is 0. The Morgan fingerprint density at radius 2 is 2.00 bits per heavy atom. The lowest BCUT2D eigenvalue weighted by Gasteiger charge is -2.28. The summed E-state index contributed by atoms with van der Waals surface area (Å²) in [5, 5.41) is 13.9. The van der Waals surface area contributed by atoms with Gasteiger partial charge in [0.15, 0.2) is 0 Å². The molecule has 0 aromatic heterocycles. The van der Waals surface area contributed by atoms with Gasteiger partial charge in [-0.15, -0.1) is 0 Å². The Balaban J connectivity index is 2.04. The predicted molar refractivity (Wildman–Crippen MR) is 74.4 cm³/mol. The number of ether oxygens (including phenoxy) is 2. The van der Waals surface area contributed by atoms with Crippen LogP contribution in [0.25, 0.3) is 0 Å². The fourth-order valence-corrected chi connectivity index (χ4v) is 2.51. The lowest BCUT2D eigenvalue weighted by atomic mass is 9.88. The lowest BCUT2D eigenvalue weighted by molar-refractivity contribution is 0.0836. The summed E-state index contributed by atoms with van der Waals surface area (Å²) in [7, 11) is 1.65. The van der Waals surface area contributed by atoms with Crippen LogP contribution in [-0.4, -0.2) is 38.5 Å². The lowest BCUT2D eigenvalue weighted by Crippen LogP contribution is -2.31. The van der Waals surface area contributed by atoms with Gasteiger partial charge in [0.05, 0.1) is 12.7 Å². The highest BCUT2D eigenvalue weighted by molar-refractivity contribution is 5.35. The molecule has 1 heterocycles. The van der Waals surface area contributed by atoms with Gasteiger partial charge in [-0.05, 0) is 37.9 Å². The zero-order valence-electron chi connectivity index (χ0n) is 11.5. The van der Waals surface area contributed by atoms with Crippen LogP contribution in [0.2, 0.25) is 0 Å². The van der Waals surface area contributed by atoms with E-state index >= 15 is 0 Å². The maximum Gasteiger partial charge on any atom is 0.125 e. The smallest absolute Gasteiger partial charge is 0.125 e. The molecular weight excluding hydrogens is 242 g/mol. The van der Waals surface area contributed by atoms with E-state index in [1.165, 1.54) is 0 Å². The Bertz CT molecular complexity index is 377. The monoisotopic (exact) mass is 265 g/mol. The minimum absolute atomic E-state index is 0.313. The number of methoxy groups -OCH3 is 1. The molecule has 2 N–H and O–H groups in total. The molecule has 19 heavy (non-hydrogen) atoms. The van der Waals surface area contributed by atoms with Crippen molar-refractivity contribution >= 4 is 0 Å². The standard InChI is InChI=1S/C15H23NO3/c1-18-10-11-19-14-5-3-2-4-13(14)15(17)12-6-8-16-9-7-12/h2-5,12,15-17H,6-11H2,1H3. The molecule has 1 fully saturated rings. The van der Waals surface area contributed by atoms with Gasteiger partial charge in [0.2, 0.25) is 0 Å². The second kappa shape index (κ2) is 7.48. The van der Waals surface area contributed by atoms with Crippen molar-refractivity contribution in [2.45, 2.75) is 18.9 Å². The first-order valence-corrected chi connectivity index (χ1v) is 6.92. The number of nitrogens with one attached hydrogen (secondary N) is 1. The van der Waals surface area contributed by atoms with Crippen LogP contribution in [0.15, 0.2) is 24.3 Å². The molecule has 0 radical (unpaired) electrons. The van der Waals surface area contributed by atoms with Crippen molar-refractivity contribution < 1.29 is 14.6 Å². The van der Waals surface area contributed by atoms with Crippen LogP contribution in [0, 0.1) is 5.92 Å². The average Bonchev–Trinajstić information content (AvgIpc) is 2.48.